The molecule has 0 aromatic heterocycles. The van der Waals surface area contributed by atoms with Crippen LogP contribution in [0.3, 0.4) is 0 Å². The zero-order valence-electron chi connectivity index (χ0n) is 11.9. The molecule has 2 rings (SSSR count). The highest BCUT2D eigenvalue weighted by Crippen LogP contribution is 2.22. The summed E-state index contributed by atoms with van der Waals surface area (Å²) < 4.78 is 5.36. The van der Waals surface area contributed by atoms with Crippen molar-refractivity contribution >= 4 is 5.69 Å². The molecule has 1 atom stereocenters. The van der Waals surface area contributed by atoms with Crippen molar-refractivity contribution in [3.05, 3.63) is 39.9 Å². The highest BCUT2D eigenvalue weighted by Gasteiger charge is 2.17. The van der Waals surface area contributed by atoms with Crippen LogP contribution in [-0.2, 0) is 4.74 Å². The lowest BCUT2D eigenvalue weighted by Crippen LogP contribution is -2.30. The van der Waals surface area contributed by atoms with Crippen LogP contribution in [0.1, 0.15) is 37.8 Å². The summed E-state index contributed by atoms with van der Waals surface area (Å²) >= 11 is 0. The second-order valence-corrected chi connectivity index (χ2v) is 5.28. The molecule has 1 unspecified atom stereocenters. The fourth-order valence-electron chi connectivity index (χ4n) is 2.61. The first-order valence-electron chi connectivity index (χ1n) is 7.26. The van der Waals surface area contributed by atoms with Crippen molar-refractivity contribution in [2.45, 2.75) is 32.2 Å². The summed E-state index contributed by atoms with van der Waals surface area (Å²) in [5.74, 6) is 0.650. The molecule has 5 nitrogen and oxygen atoms in total. The Labute approximate surface area is 119 Å². The quantitative estimate of drug-likeness (QED) is 0.641. The lowest BCUT2D eigenvalue weighted by molar-refractivity contribution is -0.384. The first-order valence-corrected chi connectivity index (χ1v) is 7.26. The van der Waals surface area contributed by atoms with Gasteiger partial charge in [-0.3, -0.25) is 10.1 Å². The molecule has 110 valence electrons. The molecule has 0 bridgehead atoms. The molecule has 1 aliphatic heterocycles. The molecular formula is C15H22N2O3. The second-order valence-electron chi connectivity index (χ2n) is 5.28. The molecule has 1 fully saturated rings. The van der Waals surface area contributed by atoms with Crippen molar-refractivity contribution in [3.8, 4) is 0 Å². The monoisotopic (exact) mass is 278 g/mol. The van der Waals surface area contributed by atoms with Crippen LogP contribution in [0.15, 0.2) is 24.3 Å². The summed E-state index contributed by atoms with van der Waals surface area (Å²) in [6.07, 6.45) is 3.11. The topological polar surface area (TPSA) is 64.4 Å². The lowest BCUT2D eigenvalue weighted by Gasteiger charge is -2.25. The standard InChI is InChI=1S/C15H22N2O3/c1-2-15(16-11-12-6-8-20-9-7-12)13-4-3-5-14(10-13)17(18)19/h3-5,10,12,15-16H,2,6-9,11H2,1H3. The average molecular weight is 278 g/mol. The largest absolute Gasteiger partial charge is 0.381 e. The molecule has 1 aromatic carbocycles. The van der Waals surface area contributed by atoms with E-state index in [0.29, 0.717) is 5.92 Å². The van der Waals surface area contributed by atoms with E-state index < -0.39 is 0 Å². The normalized spacial score (nSPS) is 17.9. The average Bonchev–Trinajstić information content (AvgIpc) is 2.49. The number of hydrogen-bond donors (Lipinski definition) is 1. The molecule has 20 heavy (non-hydrogen) atoms. The highest BCUT2D eigenvalue weighted by atomic mass is 16.6. The van der Waals surface area contributed by atoms with Gasteiger partial charge in [-0.25, -0.2) is 0 Å². The second kappa shape index (κ2) is 7.36. The van der Waals surface area contributed by atoms with Crippen LogP contribution in [-0.4, -0.2) is 24.7 Å². The smallest absolute Gasteiger partial charge is 0.269 e. The Hall–Kier alpha value is -1.46. The summed E-state index contributed by atoms with van der Waals surface area (Å²) in [7, 11) is 0. The first-order chi connectivity index (χ1) is 9.70. The van der Waals surface area contributed by atoms with Gasteiger partial charge in [0.25, 0.3) is 5.69 Å². The minimum absolute atomic E-state index is 0.161. The van der Waals surface area contributed by atoms with Gasteiger partial charge >= 0.3 is 0 Å². The number of ether oxygens (including phenoxy) is 1. The number of nitro benzene ring substituents is 1. The third-order valence-corrected chi connectivity index (χ3v) is 3.89. The maximum Gasteiger partial charge on any atom is 0.269 e. The molecular weight excluding hydrogens is 256 g/mol. The van der Waals surface area contributed by atoms with E-state index in [9.17, 15) is 10.1 Å². The van der Waals surface area contributed by atoms with E-state index in [2.05, 4.69) is 12.2 Å². The summed E-state index contributed by atoms with van der Waals surface area (Å²) in [4.78, 5) is 10.5. The van der Waals surface area contributed by atoms with E-state index >= 15 is 0 Å². The third kappa shape index (κ3) is 4.02. The van der Waals surface area contributed by atoms with Crippen molar-refractivity contribution in [2.75, 3.05) is 19.8 Å². The molecule has 1 saturated heterocycles. The zero-order valence-corrected chi connectivity index (χ0v) is 11.9. The number of rotatable bonds is 6. The van der Waals surface area contributed by atoms with Gasteiger partial charge in [0.1, 0.15) is 0 Å². The number of nitrogens with one attached hydrogen (secondary N) is 1. The predicted octanol–water partition coefficient (Wildman–Crippen LogP) is 3.06. The van der Waals surface area contributed by atoms with Crippen LogP contribution in [0.5, 0.6) is 0 Å². The van der Waals surface area contributed by atoms with Crippen LogP contribution in [0, 0.1) is 16.0 Å². The summed E-state index contributed by atoms with van der Waals surface area (Å²) in [5.41, 5.74) is 1.16. The van der Waals surface area contributed by atoms with Crippen LogP contribution in [0.4, 0.5) is 5.69 Å². The molecule has 0 saturated carbocycles. The van der Waals surface area contributed by atoms with Gasteiger partial charge in [0.05, 0.1) is 4.92 Å². The fourth-order valence-corrected chi connectivity index (χ4v) is 2.61. The molecule has 1 aromatic rings. The Morgan fingerprint density at radius 1 is 1.45 bits per heavy atom. The summed E-state index contributed by atoms with van der Waals surface area (Å²) in [5, 5.41) is 14.4. The van der Waals surface area contributed by atoms with E-state index in [0.717, 1.165) is 44.6 Å². The Morgan fingerprint density at radius 2 is 2.20 bits per heavy atom. The Kier molecular flexibility index (Phi) is 5.49. The van der Waals surface area contributed by atoms with Gasteiger partial charge in [0, 0.05) is 31.4 Å². The van der Waals surface area contributed by atoms with Crippen molar-refractivity contribution in [1.82, 2.24) is 5.32 Å². The number of hydrogen-bond acceptors (Lipinski definition) is 4. The van der Waals surface area contributed by atoms with E-state index in [4.69, 9.17) is 4.74 Å². The van der Waals surface area contributed by atoms with E-state index in [1.165, 1.54) is 6.07 Å². The van der Waals surface area contributed by atoms with E-state index in [1.807, 2.05) is 6.07 Å². The van der Waals surface area contributed by atoms with Gasteiger partial charge in [-0.1, -0.05) is 19.1 Å². The molecule has 0 radical (unpaired) electrons. The van der Waals surface area contributed by atoms with E-state index in [1.54, 1.807) is 12.1 Å². The zero-order chi connectivity index (χ0) is 14.4. The maximum atomic E-state index is 10.8. The molecule has 1 aliphatic rings. The summed E-state index contributed by atoms with van der Waals surface area (Å²) in [6.45, 7) is 4.74. The molecule has 0 amide bonds. The number of non-ortho nitro benzene ring substituents is 1. The predicted molar refractivity (Wildman–Crippen MR) is 77.7 cm³/mol. The van der Waals surface area contributed by atoms with Gasteiger partial charge in [-0.05, 0) is 37.3 Å². The van der Waals surface area contributed by atoms with Gasteiger partial charge in [-0.15, -0.1) is 0 Å². The maximum absolute atomic E-state index is 10.8. The van der Waals surface area contributed by atoms with Crippen LogP contribution in [0.2, 0.25) is 0 Å². The first kappa shape index (κ1) is 14.9. The lowest BCUT2D eigenvalue weighted by atomic mass is 9.98. The minimum Gasteiger partial charge on any atom is -0.381 e. The van der Waals surface area contributed by atoms with Gasteiger partial charge < -0.3 is 10.1 Å². The van der Waals surface area contributed by atoms with Crippen molar-refractivity contribution in [2.24, 2.45) is 5.92 Å². The molecule has 1 heterocycles. The molecule has 0 spiro atoms. The van der Waals surface area contributed by atoms with Gasteiger partial charge in [-0.2, -0.15) is 0 Å². The van der Waals surface area contributed by atoms with Gasteiger partial charge in [0.15, 0.2) is 0 Å². The van der Waals surface area contributed by atoms with Gasteiger partial charge in [0.2, 0.25) is 0 Å². The Bertz CT molecular complexity index is 444. The van der Waals surface area contributed by atoms with Crippen molar-refractivity contribution in [1.29, 1.82) is 0 Å². The Morgan fingerprint density at radius 3 is 2.85 bits per heavy atom. The number of nitrogens with zero attached hydrogens (tertiary/aromatic N) is 1. The third-order valence-electron chi connectivity index (χ3n) is 3.89. The minimum atomic E-state index is -0.339. The molecule has 1 N–H and O–H groups in total. The SMILES string of the molecule is CCC(NCC1CCOCC1)c1cccc([N+](=O)[O-])c1. The highest BCUT2D eigenvalue weighted by molar-refractivity contribution is 5.35. The number of benzene rings is 1. The van der Waals surface area contributed by atoms with Crippen molar-refractivity contribution in [3.63, 3.8) is 0 Å². The summed E-state index contributed by atoms with van der Waals surface area (Å²) in [6, 6.07) is 7.10. The van der Waals surface area contributed by atoms with Crippen LogP contribution >= 0.6 is 0 Å². The number of nitro groups is 1. The molecule has 0 aliphatic carbocycles. The van der Waals surface area contributed by atoms with Crippen molar-refractivity contribution < 1.29 is 9.66 Å². The fraction of sp³-hybridized carbons (Fsp3) is 0.600. The van der Waals surface area contributed by atoms with E-state index in [-0.39, 0.29) is 16.7 Å². The Balaban J connectivity index is 1.96. The molecule has 5 heteroatoms. The van der Waals surface area contributed by atoms with Crippen LogP contribution in [0.25, 0.3) is 0 Å². The van der Waals surface area contributed by atoms with Crippen LogP contribution < -0.4 is 5.32 Å².